The maximum absolute atomic E-state index is 13.6. The predicted molar refractivity (Wildman–Crippen MR) is 79.4 cm³/mol. The molecule has 0 aliphatic heterocycles. The number of benzene rings is 1. The second-order valence-electron chi connectivity index (χ2n) is 4.76. The molecular formula is C14H12Cl2FN3O. The van der Waals surface area contributed by atoms with Crippen molar-refractivity contribution in [3.05, 3.63) is 45.8 Å². The van der Waals surface area contributed by atoms with E-state index in [-0.39, 0.29) is 18.4 Å². The van der Waals surface area contributed by atoms with Gasteiger partial charge in [-0.1, -0.05) is 29.3 Å². The number of anilines is 1. The van der Waals surface area contributed by atoms with Gasteiger partial charge < -0.3 is 10.1 Å². The van der Waals surface area contributed by atoms with Crippen molar-refractivity contribution in [1.82, 2.24) is 9.97 Å². The lowest BCUT2D eigenvalue weighted by Crippen LogP contribution is -2.08. The highest BCUT2D eigenvalue weighted by molar-refractivity contribution is 6.35. The summed E-state index contributed by atoms with van der Waals surface area (Å²) in [4.78, 5) is 7.83. The molecule has 0 amide bonds. The van der Waals surface area contributed by atoms with Crippen LogP contribution >= 0.6 is 23.2 Å². The van der Waals surface area contributed by atoms with Gasteiger partial charge in [0.2, 0.25) is 0 Å². The first-order chi connectivity index (χ1) is 10.1. The van der Waals surface area contributed by atoms with Crippen molar-refractivity contribution in [2.45, 2.75) is 25.5 Å². The third-order valence-corrected chi connectivity index (χ3v) is 3.76. The molecule has 0 saturated heterocycles. The molecular weight excluding hydrogens is 316 g/mol. The van der Waals surface area contributed by atoms with Gasteiger partial charge in [-0.15, -0.1) is 0 Å². The summed E-state index contributed by atoms with van der Waals surface area (Å²) in [6.45, 7) is 0.118. The minimum atomic E-state index is -0.495. The van der Waals surface area contributed by atoms with E-state index in [1.54, 1.807) is 18.2 Å². The van der Waals surface area contributed by atoms with Gasteiger partial charge in [-0.3, -0.25) is 0 Å². The molecule has 0 bridgehead atoms. The van der Waals surface area contributed by atoms with E-state index < -0.39 is 5.82 Å². The molecule has 0 atom stereocenters. The van der Waals surface area contributed by atoms with Crippen LogP contribution in [-0.2, 0) is 6.61 Å². The number of nitrogens with one attached hydrogen (secondary N) is 1. The van der Waals surface area contributed by atoms with E-state index in [1.165, 1.54) is 0 Å². The van der Waals surface area contributed by atoms with Crippen LogP contribution in [0.4, 0.5) is 10.2 Å². The van der Waals surface area contributed by atoms with Gasteiger partial charge in [0, 0.05) is 21.7 Å². The van der Waals surface area contributed by atoms with Crippen LogP contribution in [0.2, 0.25) is 10.0 Å². The van der Waals surface area contributed by atoms with Crippen LogP contribution in [-0.4, -0.2) is 16.0 Å². The van der Waals surface area contributed by atoms with E-state index in [0.717, 1.165) is 19.0 Å². The molecule has 1 aliphatic carbocycles. The fourth-order valence-electron chi connectivity index (χ4n) is 1.75. The van der Waals surface area contributed by atoms with Crippen molar-refractivity contribution >= 4 is 29.0 Å². The van der Waals surface area contributed by atoms with E-state index >= 15 is 0 Å². The lowest BCUT2D eigenvalue weighted by molar-refractivity contribution is 0.280. The minimum absolute atomic E-state index is 0.0792. The zero-order valence-corrected chi connectivity index (χ0v) is 12.5. The SMILES string of the molecule is Fc1cnc(OCc2c(Cl)cccc2Cl)nc1NC1CC1. The maximum atomic E-state index is 13.6. The van der Waals surface area contributed by atoms with Crippen LogP contribution in [0, 0.1) is 5.82 Å². The summed E-state index contributed by atoms with van der Waals surface area (Å²) in [5.74, 6) is -0.335. The first-order valence-electron chi connectivity index (χ1n) is 6.48. The smallest absolute Gasteiger partial charge is 0.318 e. The third-order valence-electron chi connectivity index (χ3n) is 3.05. The normalized spacial score (nSPS) is 14.0. The van der Waals surface area contributed by atoms with Gasteiger partial charge in [0.1, 0.15) is 6.61 Å². The Kier molecular flexibility index (Phi) is 4.12. The zero-order valence-electron chi connectivity index (χ0n) is 10.9. The first kappa shape index (κ1) is 14.4. The second kappa shape index (κ2) is 6.03. The Balaban J connectivity index is 1.72. The van der Waals surface area contributed by atoms with E-state index in [4.69, 9.17) is 27.9 Å². The molecule has 1 saturated carbocycles. The molecule has 1 aliphatic rings. The Morgan fingerprint density at radius 2 is 2.00 bits per heavy atom. The third kappa shape index (κ3) is 3.54. The Bertz CT molecular complexity index is 644. The average Bonchev–Trinajstić information content (AvgIpc) is 3.26. The van der Waals surface area contributed by atoms with Crippen LogP contribution in [0.5, 0.6) is 6.01 Å². The molecule has 0 radical (unpaired) electrons. The van der Waals surface area contributed by atoms with Crippen molar-refractivity contribution in [3.63, 3.8) is 0 Å². The minimum Gasteiger partial charge on any atom is -0.458 e. The van der Waals surface area contributed by atoms with Gasteiger partial charge in [0.05, 0.1) is 6.20 Å². The molecule has 1 heterocycles. The summed E-state index contributed by atoms with van der Waals surface area (Å²) in [6, 6.07) is 5.56. The van der Waals surface area contributed by atoms with E-state index in [9.17, 15) is 4.39 Å². The largest absolute Gasteiger partial charge is 0.458 e. The lowest BCUT2D eigenvalue weighted by Gasteiger charge is -2.10. The highest BCUT2D eigenvalue weighted by Gasteiger charge is 2.23. The molecule has 2 aromatic rings. The summed E-state index contributed by atoms with van der Waals surface area (Å²) in [5.41, 5.74) is 0.644. The number of aromatic nitrogens is 2. The van der Waals surface area contributed by atoms with Crippen molar-refractivity contribution in [3.8, 4) is 6.01 Å². The van der Waals surface area contributed by atoms with Crippen LogP contribution in [0.15, 0.2) is 24.4 Å². The Morgan fingerprint density at radius 3 is 2.67 bits per heavy atom. The zero-order chi connectivity index (χ0) is 14.8. The highest BCUT2D eigenvalue weighted by atomic mass is 35.5. The molecule has 4 nitrogen and oxygen atoms in total. The standard InChI is InChI=1S/C14H12Cl2FN3O/c15-10-2-1-3-11(16)9(10)7-21-14-18-6-12(17)13(20-14)19-8-4-5-8/h1-3,6,8H,4-5,7H2,(H,18,19,20). The number of hydrogen-bond donors (Lipinski definition) is 1. The summed E-state index contributed by atoms with van der Waals surface area (Å²) in [7, 11) is 0. The number of nitrogens with zero attached hydrogens (tertiary/aromatic N) is 2. The van der Waals surface area contributed by atoms with Gasteiger partial charge in [-0.25, -0.2) is 9.37 Å². The quantitative estimate of drug-likeness (QED) is 0.898. The van der Waals surface area contributed by atoms with Gasteiger partial charge in [0.15, 0.2) is 11.6 Å². The van der Waals surface area contributed by atoms with Crippen molar-refractivity contribution in [2.24, 2.45) is 0 Å². The molecule has 1 fully saturated rings. The molecule has 0 unspecified atom stereocenters. The fourth-order valence-corrected chi connectivity index (χ4v) is 2.26. The van der Waals surface area contributed by atoms with Crippen molar-refractivity contribution in [2.75, 3.05) is 5.32 Å². The van der Waals surface area contributed by atoms with Gasteiger partial charge >= 0.3 is 6.01 Å². The van der Waals surface area contributed by atoms with Crippen molar-refractivity contribution in [1.29, 1.82) is 0 Å². The molecule has 1 aromatic heterocycles. The van der Waals surface area contributed by atoms with Crippen molar-refractivity contribution < 1.29 is 9.13 Å². The molecule has 3 rings (SSSR count). The van der Waals surface area contributed by atoms with Gasteiger partial charge in [0.25, 0.3) is 0 Å². The summed E-state index contributed by atoms with van der Waals surface area (Å²) in [5, 5.41) is 3.99. The molecule has 1 N–H and O–H groups in total. The molecule has 110 valence electrons. The van der Waals surface area contributed by atoms with E-state index in [1.807, 2.05) is 0 Å². The van der Waals surface area contributed by atoms with E-state index in [0.29, 0.717) is 21.7 Å². The summed E-state index contributed by atoms with van der Waals surface area (Å²) in [6.07, 6.45) is 3.13. The maximum Gasteiger partial charge on any atom is 0.318 e. The first-order valence-corrected chi connectivity index (χ1v) is 7.24. The van der Waals surface area contributed by atoms with Crippen LogP contribution in [0.1, 0.15) is 18.4 Å². The summed E-state index contributed by atoms with van der Waals surface area (Å²) >= 11 is 12.1. The predicted octanol–water partition coefficient (Wildman–Crippen LogP) is 4.08. The van der Waals surface area contributed by atoms with Crippen LogP contribution in [0.25, 0.3) is 0 Å². The average molecular weight is 328 g/mol. The lowest BCUT2D eigenvalue weighted by atomic mass is 10.2. The number of ether oxygens (including phenoxy) is 1. The highest BCUT2D eigenvalue weighted by Crippen LogP contribution is 2.27. The molecule has 0 spiro atoms. The number of rotatable bonds is 5. The van der Waals surface area contributed by atoms with Crippen LogP contribution < -0.4 is 10.1 Å². The number of halogens is 3. The number of hydrogen-bond acceptors (Lipinski definition) is 4. The fraction of sp³-hybridized carbons (Fsp3) is 0.286. The van der Waals surface area contributed by atoms with Gasteiger partial charge in [-0.05, 0) is 25.0 Å². The second-order valence-corrected chi connectivity index (χ2v) is 5.57. The Labute approximate surface area is 131 Å². The van der Waals surface area contributed by atoms with Crippen LogP contribution in [0.3, 0.4) is 0 Å². The molecule has 1 aromatic carbocycles. The molecule has 21 heavy (non-hydrogen) atoms. The Hall–Kier alpha value is -1.59. The topological polar surface area (TPSA) is 47.0 Å². The van der Waals surface area contributed by atoms with E-state index in [2.05, 4.69) is 15.3 Å². The van der Waals surface area contributed by atoms with Gasteiger partial charge in [-0.2, -0.15) is 4.98 Å². The Morgan fingerprint density at radius 1 is 1.29 bits per heavy atom. The summed E-state index contributed by atoms with van der Waals surface area (Å²) < 4.78 is 19.0. The molecule has 7 heteroatoms. The monoisotopic (exact) mass is 327 g/mol.